The highest BCUT2D eigenvalue weighted by atomic mass is 79.9. The molecule has 0 radical (unpaired) electrons. The lowest BCUT2D eigenvalue weighted by atomic mass is 10.00. The molecule has 6 rings (SSSR count). The van der Waals surface area contributed by atoms with Gasteiger partial charge in [0.05, 0.1) is 15.0 Å². The average Bonchev–Trinajstić information content (AvgIpc) is 3.66. The van der Waals surface area contributed by atoms with Crippen molar-refractivity contribution in [1.82, 2.24) is 29.5 Å². The van der Waals surface area contributed by atoms with Crippen LogP contribution in [-0.4, -0.2) is 46.0 Å². The molecule has 0 unspecified atom stereocenters. The van der Waals surface area contributed by atoms with Gasteiger partial charge in [0.2, 0.25) is 0 Å². The Morgan fingerprint density at radius 3 is 1.68 bits per heavy atom. The van der Waals surface area contributed by atoms with E-state index in [0.29, 0.717) is 53.4 Å². The Morgan fingerprint density at radius 1 is 0.760 bits per heavy atom. The van der Waals surface area contributed by atoms with Crippen LogP contribution >= 0.6 is 55.1 Å². The fourth-order valence-corrected chi connectivity index (χ4v) is 6.20. The Hall–Kier alpha value is -4.76. The number of ketones is 2. The Labute approximate surface area is 312 Å². The number of nitrogens with zero attached hydrogens (tertiary/aromatic N) is 7. The van der Waals surface area contributed by atoms with Crippen LogP contribution in [0.25, 0.3) is 11.6 Å². The van der Waals surface area contributed by atoms with Crippen LogP contribution in [0, 0.1) is 24.0 Å². The molecule has 16 heteroatoms. The molecule has 50 heavy (non-hydrogen) atoms. The van der Waals surface area contributed by atoms with Crippen molar-refractivity contribution in [2.45, 2.75) is 26.7 Å². The summed E-state index contributed by atoms with van der Waals surface area (Å²) in [6.07, 6.45) is 3.19. The first-order chi connectivity index (χ1) is 23.8. The first-order valence-corrected chi connectivity index (χ1v) is 17.1. The number of benzene rings is 2. The van der Waals surface area contributed by atoms with Crippen molar-refractivity contribution in [2.24, 2.45) is 0 Å². The molecule has 0 bridgehead atoms. The van der Waals surface area contributed by atoms with Gasteiger partial charge < -0.3 is 5.73 Å². The standard InChI is InChI=1S/C17H12BrClN4O3.C17H14BrClN4O/c1-10-4-2-6-13(23(25)26)11(10)8-15(24)14-9-16(18)21-22(14)17-12(19)5-3-7-20-17;1-10-4-2-6-13(20)11(10)8-15(24)14-9-16(18)22-23(14)17-12(19)5-3-7-21-17/h2-7,9H,8H2,1H3;2-7,9H,8,20H2,1H3. The number of pyridine rings is 2. The van der Waals surface area contributed by atoms with E-state index >= 15 is 0 Å². The molecule has 0 aliphatic carbocycles. The summed E-state index contributed by atoms with van der Waals surface area (Å²) in [6.45, 7) is 3.67. The number of carbonyl (C=O) groups is 2. The van der Waals surface area contributed by atoms with E-state index in [4.69, 9.17) is 28.9 Å². The minimum absolute atomic E-state index is 0.0839. The zero-order chi connectivity index (χ0) is 36.1. The van der Waals surface area contributed by atoms with Gasteiger partial charge in [-0.1, -0.05) is 47.5 Å². The Kier molecular flexibility index (Phi) is 11.6. The molecular formula is C34H26Br2Cl2N8O4. The van der Waals surface area contributed by atoms with Crippen molar-refractivity contribution in [2.75, 3.05) is 5.73 Å². The number of Topliss-reactive ketones (excluding diaryl/α,β-unsaturated/α-hetero) is 2. The van der Waals surface area contributed by atoms with Crippen molar-refractivity contribution >= 4 is 78.0 Å². The van der Waals surface area contributed by atoms with Crippen molar-refractivity contribution in [3.63, 3.8) is 0 Å². The third-order valence-corrected chi connectivity index (χ3v) is 8.88. The highest BCUT2D eigenvalue weighted by Gasteiger charge is 2.24. The van der Waals surface area contributed by atoms with Crippen LogP contribution in [0.4, 0.5) is 11.4 Å². The SMILES string of the molecule is Cc1cccc(N)c1CC(=O)c1cc(Br)nn1-c1ncccc1Cl.Cc1cccc([N+](=O)[O-])c1CC(=O)c1cc(Br)nn1-c1ncccc1Cl. The molecule has 2 aromatic carbocycles. The van der Waals surface area contributed by atoms with E-state index in [1.165, 1.54) is 27.7 Å². The van der Waals surface area contributed by atoms with Gasteiger partial charge in [-0.05, 0) is 92.7 Å². The summed E-state index contributed by atoms with van der Waals surface area (Å²) >= 11 is 18.9. The third-order valence-electron chi connectivity index (χ3n) is 7.51. The van der Waals surface area contributed by atoms with Crippen LogP contribution in [-0.2, 0) is 12.8 Å². The van der Waals surface area contributed by atoms with Crippen LogP contribution in [0.3, 0.4) is 0 Å². The summed E-state index contributed by atoms with van der Waals surface area (Å²) in [5, 5.41) is 20.5. The molecule has 0 amide bonds. The van der Waals surface area contributed by atoms with E-state index in [2.05, 4.69) is 52.0 Å². The van der Waals surface area contributed by atoms with Gasteiger partial charge in [-0.2, -0.15) is 10.2 Å². The second-order valence-corrected chi connectivity index (χ2v) is 13.3. The summed E-state index contributed by atoms with van der Waals surface area (Å²) in [7, 11) is 0. The lowest BCUT2D eigenvalue weighted by Gasteiger charge is -2.10. The van der Waals surface area contributed by atoms with Crippen LogP contribution < -0.4 is 5.73 Å². The van der Waals surface area contributed by atoms with Crippen LogP contribution in [0.15, 0.2) is 94.4 Å². The maximum absolute atomic E-state index is 12.9. The van der Waals surface area contributed by atoms with E-state index < -0.39 is 4.92 Å². The topological polar surface area (TPSA) is 165 Å². The molecule has 2 N–H and O–H groups in total. The number of aryl methyl sites for hydroxylation is 2. The Morgan fingerprint density at radius 2 is 1.22 bits per heavy atom. The van der Waals surface area contributed by atoms with Gasteiger partial charge in [0.15, 0.2) is 23.2 Å². The van der Waals surface area contributed by atoms with Gasteiger partial charge in [-0.3, -0.25) is 19.7 Å². The second kappa shape index (κ2) is 15.9. The van der Waals surface area contributed by atoms with Crippen LogP contribution in [0.2, 0.25) is 10.0 Å². The minimum atomic E-state index is -0.488. The number of rotatable bonds is 9. The molecule has 4 heterocycles. The maximum Gasteiger partial charge on any atom is 0.273 e. The molecule has 0 aliphatic rings. The number of halogens is 4. The first kappa shape index (κ1) is 36.5. The summed E-state index contributed by atoms with van der Waals surface area (Å²) in [6, 6.07) is 20.2. The highest BCUT2D eigenvalue weighted by molar-refractivity contribution is 9.10. The fraction of sp³-hybridized carbons (Fsp3) is 0.118. The summed E-state index contributed by atoms with van der Waals surface area (Å²) in [5.74, 6) is 0.270. The summed E-state index contributed by atoms with van der Waals surface area (Å²) in [4.78, 5) is 44.9. The van der Waals surface area contributed by atoms with E-state index in [9.17, 15) is 19.7 Å². The maximum atomic E-state index is 12.9. The van der Waals surface area contributed by atoms with E-state index in [-0.39, 0.29) is 35.8 Å². The average molecular weight is 841 g/mol. The summed E-state index contributed by atoms with van der Waals surface area (Å²) in [5.41, 5.74) is 9.99. The van der Waals surface area contributed by atoms with Crippen molar-refractivity contribution in [3.05, 3.63) is 148 Å². The molecule has 0 atom stereocenters. The second-order valence-electron chi connectivity index (χ2n) is 10.8. The highest BCUT2D eigenvalue weighted by Crippen LogP contribution is 2.27. The predicted molar refractivity (Wildman–Crippen MR) is 198 cm³/mol. The number of nitrogen functional groups attached to an aromatic ring is 1. The molecule has 0 fully saturated rings. The Balaban J connectivity index is 0.000000195. The fourth-order valence-electron chi connectivity index (χ4n) is 5.05. The summed E-state index contributed by atoms with van der Waals surface area (Å²) < 4.78 is 3.74. The quantitative estimate of drug-likeness (QED) is 0.0652. The number of nitro benzene ring substituents is 1. The number of anilines is 1. The molecule has 0 aliphatic heterocycles. The number of hydrogen-bond acceptors (Lipinski definition) is 9. The van der Waals surface area contributed by atoms with E-state index in [1.54, 1.807) is 61.7 Å². The molecule has 0 saturated heterocycles. The molecule has 12 nitrogen and oxygen atoms in total. The molecule has 0 spiro atoms. The van der Waals surface area contributed by atoms with Gasteiger partial charge in [-0.25, -0.2) is 19.3 Å². The zero-order valence-corrected chi connectivity index (χ0v) is 31.0. The van der Waals surface area contributed by atoms with Crippen molar-refractivity contribution in [3.8, 4) is 11.6 Å². The van der Waals surface area contributed by atoms with E-state index in [1.807, 2.05) is 19.1 Å². The predicted octanol–water partition coefficient (Wildman–Crippen LogP) is 8.32. The number of hydrogen-bond donors (Lipinski definition) is 1. The molecule has 6 aromatic rings. The number of nitro groups is 1. The van der Waals surface area contributed by atoms with E-state index in [0.717, 1.165) is 11.1 Å². The van der Waals surface area contributed by atoms with Crippen LogP contribution in [0.1, 0.15) is 43.2 Å². The van der Waals surface area contributed by atoms with Crippen LogP contribution in [0.5, 0.6) is 0 Å². The number of aromatic nitrogens is 6. The van der Waals surface area contributed by atoms with Gasteiger partial charge >= 0.3 is 0 Å². The third kappa shape index (κ3) is 8.16. The molecule has 4 aromatic heterocycles. The lowest BCUT2D eigenvalue weighted by molar-refractivity contribution is -0.385. The molecule has 0 saturated carbocycles. The van der Waals surface area contributed by atoms with Gasteiger partial charge in [0.25, 0.3) is 5.69 Å². The molecule has 254 valence electrons. The minimum Gasteiger partial charge on any atom is -0.398 e. The number of carbonyl (C=O) groups excluding carboxylic acids is 2. The van der Waals surface area contributed by atoms with Gasteiger partial charge in [-0.15, -0.1) is 0 Å². The van der Waals surface area contributed by atoms with Gasteiger partial charge in [0, 0.05) is 54.7 Å². The van der Waals surface area contributed by atoms with Gasteiger partial charge in [0.1, 0.15) is 20.6 Å². The smallest absolute Gasteiger partial charge is 0.273 e. The number of nitrogens with two attached hydrogens (primary N) is 1. The molecular weight excluding hydrogens is 815 g/mol. The largest absolute Gasteiger partial charge is 0.398 e. The first-order valence-electron chi connectivity index (χ1n) is 14.7. The Bertz CT molecular complexity index is 2240. The van der Waals surface area contributed by atoms with Crippen molar-refractivity contribution in [1.29, 1.82) is 0 Å². The zero-order valence-electron chi connectivity index (χ0n) is 26.3. The van der Waals surface area contributed by atoms with Crippen molar-refractivity contribution < 1.29 is 14.5 Å². The monoisotopic (exact) mass is 838 g/mol. The normalized spacial score (nSPS) is 10.8. The lowest BCUT2D eigenvalue weighted by Crippen LogP contribution is -2.14.